The number of carbonyl (C=O) groups excluding carboxylic acids is 1. The van der Waals surface area contributed by atoms with E-state index in [1.54, 1.807) is 26.2 Å². The molecule has 30 heavy (non-hydrogen) atoms. The first-order valence-electron chi connectivity index (χ1n) is 10.2. The maximum absolute atomic E-state index is 13.6. The van der Waals surface area contributed by atoms with Crippen molar-refractivity contribution in [2.24, 2.45) is 11.0 Å². The second kappa shape index (κ2) is 8.30. The van der Waals surface area contributed by atoms with Gasteiger partial charge >= 0.3 is 5.97 Å². The molecule has 0 fully saturated rings. The standard InChI is InChI=1S/C24H25FN2O3/c1-4-30-22(28)13-15(2)27-24(17-5-9-18(25)10-6-17)20-12-8-16-7-11-19(29-3)14-21(16)23(20)26-27/h5-7,9-11,13-14,20,24H,4,8,12H2,1-3H3/b15-13+/t20-,24+/m1/s1. The highest BCUT2D eigenvalue weighted by atomic mass is 19.1. The minimum Gasteiger partial charge on any atom is -0.497 e. The molecule has 2 aliphatic rings. The molecule has 0 unspecified atom stereocenters. The summed E-state index contributed by atoms with van der Waals surface area (Å²) in [6.45, 7) is 3.94. The number of allylic oxidation sites excluding steroid dienone is 1. The summed E-state index contributed by atoms with van der Waals surface area (Å²) in [4.78, 5) is 12.1. The number of fused-ring (bicyclic) bond motifs is 3. The second-order valence-corrected chi connectivity index (χ2v) is 7.53. The van der Waals surface area contributed by atoms with E-state index in [-0.39, 0.29) is 17.8 Å². The molecule has 0 N–H and O–H groups in total. The Balaban J connectivity index is 1.79. The third-order valence-corrected chi connectivity index (χ3v) is 5.72. The topological polar surface area (TPSA) is 51.1 Å². The molecule has 4 rings (SSSR count). The molecule has 0 saturated carbocycles. The second-order valence-electron chi connectivity index (χ2n) is 7.53. The maximum atomic E-state index is 13.6. The Labute approximate surface area is 175 Å². The van der Waals surface area contributed by atoms with E-state index in [0.29, 0.717) is 12.3 Å². The minimum absolute atomic E-state index is 0.120. The Hall–Kier alpha value is -3.15. The smallest absolute Gasteiger partial charge is 0.332 e. The van der Waals surface area contributed by atoms with E-state index in [1.165, 1.54) is 23.8 Å². The fraction of sp³-hybridized carbons (Fsp3) is 0.333. The molecule has 2 atom stereocenters. The molecule has 0 spiro atoms. The lowest BCUT2D eigenvalue weighted by Gasteiger charge is -2.31. The number of hydrazone groups is 1. The lowest BCUT2D eigenvalue weighted by molar-refractivity contribution is -0.137. The van der Waals surface area contributed by atoms with E-state index in [9.17, 15) is 9.18 Å². The van der Waals surface area contributed by atoms with Gasteiger partial charge in [0.15, 0.2) is 0 Å². The van der Waals surface area contributed by atoms with Crippen molar-refractivity contribution in [2.75, 3.05) is 13.7 Å². The van der Waals surface area contributed by atoms with Crippen LogP contribution in [0.25, 0.3) is 0 Å². The van der Waals surface area contributed by atoms with E-state index >= 15 is 0 Å². The van der Waals surface area contributed by atoms with Crippen LogP contribution >= 0.6 is 0 Å². The molecule has 0 radical (unpaired) electrons. The number of nitrogens with zero attached hydrogens (tertiary/aromatic N) is 2. The number of benzene rings is 2. The SMILES string of the molecule is CCOC(=O)/C=C(\C)N1N=C2c3cc(OC)ccc3CC[C@H]2[C@@H]1c1ccc(F)cc1. The van der Waals surface area contributed by atoms with Crippen LogP contribution in [0.2, 0.25) is 0 Å². The first kappa shape index (κ1) is 20.1. The minimum atomic E-state index is -0.398. The van der Waals surface area contributed by atoms with Crippen LogP contribution in [0.3, 0.4) is 0 Å². The third kappa shape index (κ3) is 3.70. The summed E-state index contributed by atoms with van der Waals surface area (Å²) in [5.74, 6) is 0.236. The predicted octanol–water partition coefficient (Wildman–Crippen LogP) is 4.62. The number of esters is 1. The number of hydrogen-bond donors (Lipinski definition) is 0. The number of ether oxygens (including phenoxy) is 2. The van der Waals surface area contributed by atoms with Crippen molar-refractivity contribution in [3.05, 3.63) is 76.7 Å². The Morgan fingerprint density at radius 1 is 1.27 bits per heavy atom. The highest BCUT2D eigenvalue weighted by molar-refractivity contribution is 6.06. The zero-order valence-electron chi connectivity index (χ0n) is 17.4. The van der Waals surface area contributed by atoms with Gasteiger partial charge < -0.3 is 9.47 Å². The first-order chi connectivity index (χ1) is 14.5. The summed E-state index contributed by atoms with van der Waals surface area (Å²) >= 11 is 0. The lowest BCUT2D eigenvalue weighted by Crippen LogP contribution is -2.28. The first-order valence-corrected chi connectivity index (χ1v) is 10.2. The van der Waals surface area contributed by atoms with Crippen LogP contribution in [0.15, 0.2) is 59.3 Å². The lowest BCUT2D eigenvalue weighted by atomic mass is 9.77. The van der Waals surface area contributed by atoms with Crippen molar-refractivity contribution in [2.45, 2.75) is 32.7 Å². The van der Waals surface area contributed by atoms with Gasteiger partial charge in [-0.1, -0.05) is 18.2 Å². The monoisotopic (exact) mass is 408 g/mol. The molecular formula is C24H25FN2O3. The van der Waals surface area contributed by atoms with E-state index < -0.39 is 5.97 Å². The normalized spacial score (nSPS) is 20.3. The number of carbonyl (C=O) groups is 1. The average Bonchev–Trinajstić information content (AvgIpc) is 3.14. The van der Waals surface area contributed by atoms with Gasteiger partial charge in [-0.3, -0.25) is 5.01 Å². The molecule has 0 aromatic heterocycles. The molecular weight excluding hydrogens is 383 g/mol. The van der Waals surface area contributed by atoms with Gasteiger partial charge in [0.05, 0.1) is 25.5 Å². The Kier molecular flexibility index (Phi) is 5.57. The third-order valence-electron chi connectivity index (χ3n) is 5.72. The summed E-state index contributed by atoms with van der Waals surface area (Å²) in [6.07, 6.45) is 3.31. The molecule has 1 aliphatic heterocycles. The number of hydrogen-bond acceptors (Lipinski definition) is 5. The average molecular weight is 408 g/mol. The zero-order valence-corrected chi connectivity index (χ0v) is 17.4. The number of aryl methyl sites for hydroxylation is 1. The van der Waals surface area contributed by atoms with Crippen molar-refractivity contribution in [1.82, 2.24) is 5.01 Å². The van der Waals surface area contributed by atoms with E-state index in [4.69, 9.17) is 14.6 Å². The number of methoxy groups -OCH3 is 1. The van der Waals surface area contributed by atoms with Gasteiger partial charge in [-0.15, -0.1) is 0 Å². The van der Waals surface area contributed by atoms with E-state index in [1.807, 2.05) is 24.1 Å². The van der Waals surface area contributed by atoms with Crippen LogP contribution in [0, 0.1) is 11.7 Å². The molecule has 1 aliphatic carbocycles. The largest absolute Gasteiger partial charge is 0.497 e. The van der Waals surface area contributed by atoms with Crippen molar-refractivity contribution >= 4 is 11.7 Å². The summed E-state index contributed by atoms with van der Waals surface area (Å²) < 4.78 is 24.1. The van der Waals surface area contributed by atoms with Crippen LogP contribution in [-0.4, -0.2) is 30.4 Å². The van der Waals surface area contributed by atoms with Crippen molar-refractivity contribution in [3.8, 4) is 5.75 Å². The molecule has 0 bridgehead atoms. The molecule has 6 heteroatoms. The molecule has 0 saturated heterocycles. The zero-order chi connectivity index (χ0) is 21.3. The van der Waals surface area contributed by atoms with Crippen molar-refractivity contribution in [1.29, 1.82) is 0 Å². The van der Waals surface area contributed by atoms with Crippen LogP contribution in [-0.2, 0) is 16.0 Å². The summed E-state index contributed by atoms with van der Waals surface area (Å²) in [5.41, 5.74) is 4.93. The number of halogens is 1. The van der Waals surface area contributed by atoms with Crippen LogP contribution in [0.1, 0.15) is 43.0 Å². The van der Waals surface area contributed by atoms with Crippen LogP contribution in [0.5, 0.6) is 5.75 Å². The Bertz CT molecular complexity index is 1010. The van der Waals surface area contributed by atoms with Crippen LogP contribution in [0.4, 0.5) is 4.39 Å². The Morgan fingerprint density at radius 3 is 2.73 bits per heavy atom. The van der Waals surface area contributed by atoms with Gasteiger partial charge in [-0.05, 0) is 62.1 Å². The predicted molar refractivity (Wildman–Crippen MR) is 113 cm³/mol. The highest BCUT2D eigenvalue weighted by Crippen LogP contribution is 2.45. The van der Waals surface area contributed by atoms with Gasteiger partial charge in [0.1, 0.15) is 11.6 Å². The summed E-state index contributed by atoms with van der Waals surface area (Å²) in [6, 6.07) is 12.5. The van der Waals surface area contributed by atoms with Gasteiger partial charge in [-0.2, -0.15) is 5.10 Å². The van der Waals surface area contributed by atoms with Gasteiger partial charge in [0, 0.05) is 23.3 Å². The fourth-order valence-corrected chi connectivity index (χ4v) is 4.32. The highest BCUT2D eigenvalue weighted by Gasteiger charge is 2.42. The quantitative estimate of drug-likeness (QED) is 0.535. The molecule has 1 heterocycles. The van der Waals surface area contributed by atoms with Crippen molar-refractivity contribution < 1.29 is 18.7 Å². The van der Waals surface area contributed by atoms with Crippen molar-refractivity contribution in [3.63, 3.8) is 0 Å². The molecule has 5 nitrogen and oxygen atoms in total. The van der Waals surface area contributed by atoms with Gasteiger partial charge in [0.2, 0.25) is 0 Å². The molecule has 2 aromatic carbocycles. The maximum Gasteiger partial charge on any atom is 0.332 e. The molecule has 156 valence electrons. The number of rotatable bonds is 5. The fourth-order valence-electron chi connectivity index (χ4n) is 4.32. The molecule has 2 aromatic rings. The van der Waals surface area contributed by atoms with Crippen LogP contribution < -0.4 is 4.74 Å². The Morgan fingerprint density at radius 2 is 2.03 bits per heavy atom. The van der Waals surface area contributed by atoms with E-state index in [0.717, 1.165) is 35.4 Å². The van der Waals surface area contributed by atoms with E-state index in [2.05, 4.69) is 6.07 Å². The summed E-state index contributed by atoms with van der Waals surface area (Å²) in [5, 5.41) is 6.82. The molecule has 0 amide bonds. The van der Waals surface area contributed by atoms with Gasteiger partial charge in [-0.25, -0.2) is 9.18 Å². The van der Waals surface area contributed by atoms with Gasteiger partial charge in [0.25, 0.3) is 0 Å². The summed E-state index contributed by atoms with van der Waals surface area (Å²) in [7, 11) is 1.65.